The van der Waals surface area contributed by atoms with Crippen LogP contribution in [0.1, 0.15) is 28.4 Å². The van der Waals surface area contributed by atoms with Crippen LogP contribution in [0.2, 0.25) is 0 Å². The lowest BCUT2D eigenvalue weighted by molar-refractivity contribution is -0.115. The van der Waals surface area contributed by atoms with Crippen LogP contribution in [-0.2, 0) is 9.59 Å². The molecule has 3 N–H and O–H groups in total. The molecule has 0 saturated carbocycles. The number of carbonyl (C=O) groups is 3. The third-order valence-electron chi connectivity index (χ3n) is 6.05. The van der Waals surface area contributed by atoms with Gasteiger partial charge in [0.1, 0.15) is 11.4 Å². The molecule has 0 radical (unpaired) electrons. The van der Waals surface area contributed by atoms with E-state index in [0.29, 0.717) is 22.7 Å². The summed E-state index contributed by atoms with van der Waals surface area (Å²) >= 11 is 1.37. The Hall–Kier alpha value is -4.82. The van der Waals surface area contributed by atoms with E-state index >= 15 is 0 Å². The van der Waals surface area contributed by atoms with Gasteiger partial charge >= 0.3 is 0 Å². The van der Waals surface area contributed by atoms with Crippen molar-refractivity contribution in [2.45, 2.75) is 24.0 Å². The maximum atomic E-state index is 13.4. The van der Waals surface area contributed by atoms with Gasteiger partial charge in [-0.25, -0.2) is 0 Å². The maximum absolute atomic E-state index is 13.4. The van der Waals surface area contributed by atoms with E-state index in [9.17, 15) is 14.4 Å². The van der Waals surface area contributed by atoms with E-state index in [1.807, 2.05) is 50.2 Å². The van der Waals surface area contributed by atoms with Crippen LogP contribution in [0.5, 0.6) is 5.75 Å². The normalized spacial score (nSPS) is 11.7. The molecule has 0 heterocycles. The van der Waals surface area contributed by atoms with Crippen molar-refractivity contribution in [1.29, 1.82) is 0 Å². The van der Waals surface area contributed by atoms with Crippen LogP contribution in [0, 0.1) is 6.92 Å². The molecule has 0 fully saturated rings. The van der Waals surface area contributed by atoms with Crippen LogP contribution in [0.4, 0.5) is 11.4 Å². The van der Waals surface area contributed by atoms with Crippen LogP contribution < -0.4 is 20.7 Å². The number of rotatable bonds is 10. The summed E-state index contributed by atoms with van der Waals surface area (Å²) in [7, 11) is 1.59. The number of hydrogen-bond acceptors (Lipinski definition) is 5. The van der Waals surface area contributed by atoms with Gasteiger partial charge < -0.3 is 20.7 Å². The number of nitrogens with one attached hydrogen (secondary N) is 3. The Bertz CT molecular complexity index is 1540. The highest BCUT2D eigenvalue weighted by molar-refractivity contribution is 8.00. The Balaban J connectivity index is 1.46. The van der Waals surface area contributed by atoms with Crippen LogP contribution >= 0.6 is 11.8 Å². The second-order valence-corrected chi connectivity index (χ2v) is 10.7. The van der Waals surface area contributed by atoms with E-state index in [2.05, 4.69) is 16.0 Å². The second-order valence-electron chi connectivity index (χ2n) is 9.25. The molecule has 208 valence electrons. The standard InChI is InChI=1S/C33H31N3O4S/c1-22-12-14-24(15-13-22)20-30(36-32(38)25-8-5-4-6-9-25)33(39)35-27-10-7-11-29(21-27)41-23(2)31(37)34-26-16-18-28(40-3)19-17-26/h4-21,23H,1-3H3,(H,34,37)(H,35,39)(H,36,38)/b30-20-. The highest BCUT2D eigenvalue weighted by Gasteiger charge is 2.17. The van der Waals surface area contributed by atoms with Crippen LogP contribution in [0.3, 0.4) is 0 Å². The molecule has 0 aromatic heterocycles. The Kier molecular flexibility index (Phi) is 9.96. The van der Waals surface area contributed by atoms with Crippen molar-refractivity contribution in [3.8, 4) is 5.75 Å². The first-order valence-corrected chi connectivity index (χ1v) is 13.9. The molecule has 0 bridgehead atoms. The first kappa shape index (κ1) is 29.2. The van der Waals surface area contributed by atoms with Gasteiger partial charge in [-0.1, -0.05) is 54.1 Å². The van der Waals surface area contributed by atoms with Crippen LogP contribution in [0.15, 0.2) is 114 Å². The fourth-order valence-electron chi connectivity index (χ4n) is 3.79. The smallest absolute Gasteiger partial charge is 0.272 e. The highest BCUT2D eigenvalue weighted by atomic mass is 32.2. The molecule has 0 spiro atoms. The fourth-order valence-corrected chi connectivity index (χ4v) is 4.72. The minimum atomic E-state index is -0.470. The molecule has 41 heavy (non-hydrogen) atoms. The van der Waals surface area contributed by atoms with Gasteiger partial charge in [-0.2, -0.15) is 0 Å². The first-order chi connectivity index (χ1) is 19.8. The van der Waals surface area contributed by atoms with E-state index in [1.54, 1.807) is 79.9 Å². The number of hydrogen-bond donors (Lipinski definition) is 3. The van der Waals surface area contributed by atoms with Crippen molar-refractivity contribution in [3.63, 3.8) is 0 Å². The van der Waals surface area contributed by atoms with Crippen molar-refractivity contribution >= 4 is 46.9 Å². The molecule has 0 aliphatic rings. The molecule has 0 aliphatic heterocycles. The molecule has 8 heteroatoms. The summed E-state index contributed by atoms with van der Waals surface area (Å²) in [6.45, 7) is 3.79. The number of methoxy groups -OCH3 is 1. The van der Waals surface area contributed by atoms with E-state index in [4.69, 9.17) is 4.74 Å². The summed E-state index contributed by atoms with van der Waals surface area (Å²) in [6.07, 6.45) is 1.64. The number of anilines is 2. The number of ether oxygens (including phenoxy) is 1. The minimum absolute atomic E-state index is 0.105. The number of thioether (sulfide) groups is 1. The Morgan fingerprint density at radius 2 is 1.51 bits per heavy atom. The summed E-state index contributed by atoms with van der Waals surface area (Å²) in [4.78, 5) is 39.8. The number of aryl methyl sites for hydroxylation is 1. The molecular formula is C33H31N3O4S. The molecule has 1 atom stereocenters. The summed E-state index contributed by atoms with van der Waals surface area (Å²) in [6, 6.07) is 30.7. The third-order valence-corrected chi connectivity index (χ3v) is 7.14. The van der Waals surface area contributed by atoms with Gasteiger partial charge in [0, 0.05) is 21.8 Å². The molecule has 4 rings (SSSR count). The lowest BCUT2D eigenvalue weighted by Crippen LogP contribution is -2.30. The average molecular weight is 566 g/mol. The lowest BCUT2D eigenvalue weighted by atomic mass is 10.1. The largest absolute Gasteiger partial charge is 0.497 e. The van der Waals surface area contributed by atoms with Crippen molar-refractivity contribution in [3.05, 3.63) is 126 Å². The maximum Gasteiger partial charge on any atom is 0.272 e. The van der Waals surface area contributed by atoms with Gasteiger partial charge in [-0.3, -0.25) is 14.4 Å². The molecule has 1 unspecified atom stereocenters. The van der Waals surface area contributed by atoms with Gasteiger partial charge in [-0.05, 0) is 80.1 Å². The summed E-state index contributed by atoms with van der Waals surface area (Å²) in [5.41, 5.74) is 3.61. The van der Waals surface area contributed by atoms with Crippen molar-refractivity contribution in [2.24, 2.45) is 0 Å². The zero-order valence-corrected chi connectivity index (χ0v) is 23.8. The van der Waals surface area contributed by atoms with E-state index in [1.165, 1.54) is 11.8 Å². The zero-order valence-electron chi connectivity index (χ0n) is 23.0. The lowest BCUT2D eigenvalue weighted by Gasteiger charge is -2.14. The molecule has 4 aromatic rings. The molecule has 0 aliphatic carbocycles. The second kappa shape index (κ2) is 14.0. The predicted octanol–water partition coefficient (Wildman–Crippen LogP) is 6.53. The summed E-state index contributed by atoms with van der Waals surface area (Å²) in [5, 5.41) is 8.13. The van der Waals surface area contributed by atoms with Crippen LogP contribution in [0.25, 0.3) is 6.08 Å². The van der Waals surface area contributed by atoms with Crippen molar-refractivity contribution in [2.75, 3.05) is 17.7 Å². The Morgan fingerprint density at radius 1 is 0.805 bits per heavy atom. The predicted molar refractivity (Wildman–Crippen MR) is 165 cm³/mol. The minimum Gasteiger partial charge on any atom is -0.497 e. The van der Waals surface area contributed by atoms with Gasteiger partial charge in [0.15, 0.2) is 0 Å². The Morgan fingerprint density at radius 3 is 2.20 bits per heavy atom. The molecule has 3 amide bonds. The van der Waals surface area contributed by atoms with E-state index in [0.717, 1.165) is 16.0 Å². The first-order valence-electron chi connectivity index (χ1n) is 13.0. The van der Waals surface area contributed by atoms with Gasteiger partial charge in [0.05, 0.1) is 12.4 Å². The quantitative estimate of drug-likeness (QED) is 0.150. The molecular weight excluding hydrogens is 534 g/mol. The van der Waals surface area contributed by atoms with Gasteiger partial charge in [-0.15, -0.1) is 11.8 Å². The topological polar surface area (TPSA) is 96.5 Å². The van der Waals surface area contributed by atoms with E-state index < -0.39 is 11.2 Å². The number of amides is 3. The van der Waals surface area contributed by atoms with Crippen molar-refractivity contribution < 1.29 is 19.1 Å². The van der Waals surface area contributed by atoms with E-state index in [-0.39, 0.29) is 17.5 Å². The molecule has 4 aromatic carbocycles. The summed E-state index contributed by atoms with van der Waals surface area (Å²) < 4.78 is 5.16. The Labute approximate surface area is 244 Å². The number of carbonyl (C=O) groups excluding carboxylic acids is 3. The third kappa shape index (κ3) is 8.58. The highest BCUT2D eigenvalue weighted by Crippen LogP contribution is 2.27. The fraction of sp³-hybridized carbons (Fsp3) is 0.121. The average Bonchev–Trinajstić information content (AvgIpc) is 2.98. The molecule has 7 nitrogen and oxygen atoms in total. The number of benzene rings is 4. The molecule has 0 saturated heterocycles. The van der Waals surface area contributed by atoms with Crippen LogP contribution in [-0.4, -0.2) is 30.1 Å². The summed E-state index contributed by atoms with van der Waals surface area (Å²) in [5.74, 6) is -0.301. The van der Waals surface area contributed by atoms with Gasteiger partial charge in [0.2, 0.25) is 5.91 Å². The van der Waals surface area contributed by atoms with Gasteiger partial charge in [0.25, 0.3) is 11.8 Å². The van der Waals surface area contributed by atoms with Crippen molar-refractivity contribution in [1.82, 2.24) is 5.32 Å². The monoisotopic (exact) mass is 565 g/mol. The SMILES string of the molecule is COc1ccc(NC(=O)C(C)Sc2cccc(NC(=O)/C(=C/c3ccc(C)cc3)NC(=O)c3ccccc3)c2)cc1. The zero-order chi connectivity index (χ0) is 29.2.